The van der Waals surface area contributed by atoms with E-state index in [4.69, 9.17) is 11.6 Å². The van der Waals surface area contributed by atoms with Gasteiger partial charge in [0.1, 0.15) is 5.69 Å². The lowest BCUT2D eigenvalue weighted by molar-refractivity contribution is 0.0916. The molecular weight excluding hydrogens is 523 g/mol. The lowest BCUT2D eigenvalue weighted by Gasteiger charge is -2.28. The van der Waals surface area contributed by atoms with E-state index in [1.165, 1.54) is 12.1 Å². The summed E-state index contributed by atoms with van der Waals surface area (Å²) < 4.78 is 41.4. The van der Waals surface area contributed by atoms with Crippen molar-refractivity contribution in [3.63, 3.8) is 0 Å². The first-order chi connectivity index (χ1) is 17.6. The van der Waals surface area contributed by atoms with E-state index >= 15 is 0 Å². The molecule has 1 saturated carbocycles. The molecule has 2 heterocycles. The number of nitrogens with one attached hydrogen (secondary N) is 3. The zero-order valence-electron chi connectivity index (χ0n) is 19.9. The average molecular weight is 549 g/mol. The van der Waals surface area contributed by atoms with Crippen LogP contribution in [0.15, 0.2) is 49.1 Å². The molecule has 2 aromatic heterocycles. The number of hydrazine groups is 1. The number of sulfonamides is 1. The minimum Gasteiger partial charge on any atom is -0.348 e. The molecule has 37 heavy (non-hydrogen) atoms. The number of hydrogen-bond acceptors (Lipinski definition) is 6. The van der Waals surface area contributed by atoms with E-state index in [0.717, 1.165) is 0 Å². The summed E-state index contributed by atoms with van der Waals surface area (Å²) in [6.45, 7) is 0. The van der Waals surface area contributed by atoms with Crippen molar-refractivity contribution in [1.82, 2.24) is 30.1 Å². The number of aromatic nitrogens is 3. The molecule has 1 aliphatic rings. The quantitative estimate of drug-likeness (QED) is 0.370. The Hall–Kier alpha value is -3.35. The molecule has 196 valence electrons. The first-order valence-corrected chi connectivity index (χ1v) is 13.6. The molecule has 0 saturated heterocycles. The summed E-state index contributed by atoms with van der Waals surface area (Å²) in [6, 6.07) is 7.62. The molecule has 0 bridgehead atoms. The molecule has 3 N–H and O–H groups in total. The Labute approximate surface area is 218 Å². The number of hydrogen-bond donors (Lipinski definition) is 3. The van der Waals surface area contributed by atoms with Crippen molar-refractivity contribution >= 4 is 33.4 Å². The summed E-state index contributed by atoms with van der Waals surface area (Å²) in [4.78, 5) is 35.1. The number of imidazole rings is 1. The smallest absolute Gasteiger partial charge is 0.270 e. The summed E-state index contributed by atoms with van der Waals surface area (Å²) in [7, 11) is -2.14. The van der Waals surface area contributed by atoms with Crippen molar-refractivity contribution in [2.24, 2.45) is 13.0 Å². The minimum atomic E-state index is -3.90. The molecule has 0 unspecified atom stereocenters. The third-order valence-electron chi connectivity index (χ3n) is 6.13. The molecule has 10 nitrogen and oxygen atoms in total. The molecular formula is C24H26ClFN6O4S. The Balaban J connectivity index is 1.30. The van der Waals surface area contributed by atoms with Gasteiger partial charge in [0.05, 0.1) is 28.4 Å². The first kappa shape index (κ1) is 26.7. The Bertz CT molecular complexity index is 1390. The van der Waals surface area contributed by atoms with Crippen LogP contribution in [0.25, 0.3) is 11.3 Å². The maximum absolute atomic E-state index is 14.6. The number of amides is 2. The predicted octanol–water partition coefficient (Wildman–Crippen LogP) is 2.83. The summed E-state index contributed by atoms with van der Waals surface area (Å²) >= 11 is 5.96. The van der Waals surface area contributed by atoms with Gasteiger partial charge in [-0.15, -0.1) is 4.83 Å². The van der Waals surface area contributed by atoms with Crippen LogP contribution in [0.2, 0.25) is 5.02 Å². The molecule has 1 aromatic carbocycles. The Kier molecular flexibility index (Phi) is 8.20. The van der Waals surface area contributed by atoms with Gasteiger partial charge in [-0.25, -0.2) is 17.8 Å². The van der Waals surface area contributed by atoms with Gasteiger partial charge in [-0.2, -0.15) is 0 Å². The van der Waals surface area contributed by atoms with Crippen LogP contribution in [-0.4, -0.2) is 46.6 Å². The van der Waals surface area contributed by atoms with E-state index < -0.39 is 27.3 Å². The Morgan fingerprint density at radius 3 is 2.54 bits per heavy atom. The maximum atomic E-state index is 14.6. The van der Waals surface area contributed by atoms with E-state index in [0.29, 0.717) is 42.6 Å². The van der Waals surface area contributed by atoms with E-state index in [1.807, 2.05) is 4.83 Å². The standard InChI is InChI=1S/C24H26ClFN6O4S/c1-32-12-21(28-14-32)16-10-18(22(26)19(25)11-16)23(33)30-31-37(35,36)13-15-5-7-17(8-6-15)29-24(34)20-4-2-3-9-27-20/h2-4,9-12,14-15,17,31H,5-8,13H2,1H3,(H,29,34)(H,30,33). The predicted molar refractivity (Wildman–Crippen MR) is 135 cm³/mol. The second-order valence-corrected chi connectivity index (χ2v) is 11.2. The van der Waals surface area contributed by atoms with Gasteiger partial charge < -0.3 is 9.88 Å². The van der Waals surface area contributed by atoms with Crippen LogP contribution in [-0.2, 0) is 17.1 Å². The van der Waals surface area contributed by atoms with Gasteiger partial charge in [0.2, 0.25) is 10.0 Å². The number of pyridine rings is 1. The third-order valence-corrected chi connectivity index (χ3v) is 7.73. The maximum Gasteiger partial charge on any atom is 0.270 e. The van der Waals surface area contributed by atoms with Crippen molar-refractivity contribution in [1.29, 1.82) is 0 Å². The lowest BCUT2D eigenvalue weighted by atomic mass is 9.87. The highest BCUT2D eigenvalue weighted by Crippen LogP contribution is 2.27. The number of nitrogens with zero attached hydrogens (tertiary/aromatic N) is 3. The number of aryl methyl sites for hydroxylation is 1. The minimum absolute atomic E-state index is 0.0692. The molecule has 4 rings (SSSR count). The van der Waals surface area contributed by atoms with Gasteiger partial charge in [-0.1, -0.05) is 17.7 Å². The van der Waals surface area contributed by atoms with E-state index in [1.54, 1.807) is 48.5 Å². The average Bonchev–Trinajstić information content (AvgIpc) is 3.32. The van der Waals surface area contributed by atoms with Crippen molar-refractivity contribution < 1.29 is 22.4 Å². The zero-order chi connectivity index (χ0) is 26.6. The van der Waals surface area contributed by atoms with Crippen molar-refractivity contribution in [3.8, 4) is 11.3 Å². The normalized spacial score (nSPS) is 17.8. The number of halogens is 2. The van der Waals surface area contributed by atoms with Crippen LogP contribution >= 0.6 is 11.6 Å². The van der Waals surface area contributed by atoms with Crippen LogP contribution in [0.5, 0.6) is 0 Å². The first-order valence-electron chi connectivity index (χ1n) is 11.6. The molecule has 0 atom stereocenters. The molecule has 13 heteroatoms. The molecule has 0 aliphatic heterocycles. The van der Waals surface area contributed by atoms with Gasteiger partial charge in [-0.05, 0) is 55.9 Å². The zero-order valence-corrected chi connectivity index (χ0v) is 21.5. The van der Waals surface area contributed by atoms with Crippen LogP contribution in [0.1, 0.15) is 46.5 Å². The van der Waals surface area contributed by atoms with E-state index in [9.17, 15) is 22.4 Å². The molecule has 2 amide bonds. The number of benzene rings is 1. The molecule has 0 radical (unpaired) electrons. The monoisotopic (exact) mass is 548 g/mol. The van der Waals surface area contributed by atoms with E-state index in [2.05, 4.69) is 20.7 Å². The fourth-order valence-corrected chi connectivity index (χ4v) is 5.74. The largest absolute Gasteiger partial charge is 0.348 e. The summed E-state index contributed by atoms with van der Waals surface area (Å²) in [5.41, 5.74) is 2.87. The van der Waals surface area contributed by atoms with Gasteiger partial charge >= 0.3 is 0 Å². The fourth-order valence-electron chi connectivity index (χ4n) is 4.24. The number of carbonyl (C=O) groups excluding carboxylic acids is 2. The van der Waals surface area contributed by atoms with Crippen LogP contribution < -0.4 is 15.6 Å². The molecule has 0 spiro atoms. The molecule has 1 aliphatic carbocycles. The van der Waals surface area contributed by atoms with Gasteiger partial charge in [-0.3, -0.25) is 20.0 Å². The Morgan fingerprint density at radius 1 is 1.14 bits per heavy atom. The summed E-state index contributed by atoms with van der Waals surface area (Å²) in [5.74, 6) is -2.59. The van der Waals surface area contributed by atoms with Gasteiger partial charge in [0.25, 0.3) is 11.8 Å². The lowest BCUT2D eigenvalue weighted by Crippen LogP contribution is -2.45. The number of rotatable bonds is 8. The highest BCUT2D eigenvalue weighted by molar-refractivity contribution is 7.89. The van der Waals surface area contributed by atoms with Crippen molar-refractivity contribution in [3.05, 3.63) is 71.2 Å². The number of carbonyl (C=O) groups is 2. The fraction of sp³-hybridized carbons (Fsp3) is 0.333. The SMILES string of the molecule is Cn1cnc(-c2cc(Cl)c(F)c(C(=O)NNS(=O)(=O)CC3CCC(NC(=O)c4ccccn4)CC3)c2)c1. The topological polar surface area (TPSA) is 135 Å². The van der Waals surface area contributed by atoms with Crippen molar-refractivity contribution in [2.75, 3.05) is 5.75 Å². The van der Waals surface area contributed by atoms with E-state index in [-0.39, 0.29) is 28.6 Å². The molecule has 3 aromatic rings. The van der Waals surface area contributed by atoms with Crippen LogP contribution in [0.4, 0.5) is 4.39 Å². The second kappa shape index (κ2) is 11.4. The van der Waals surface area contributed by atoms with Crippen molar-refractivity contribution in [2.45, 2.75) is 31.7 Å². The Morgan fingerprint density at radius 2 is 1.89 bits per heavy atom. The van der Waals surface area contributed by atoms with Gasteiger partial charge in [0, 0.05) is 31.0 Å². The molecule has 1 fully saturated rings. The second-order valence-electron chi connectivity index (χ2n) is 8.99. The highest BCUT2D eigenvalue weighted by Gasteiger charge is 2.27. The highest BCUT2D eigenvalue weighted by atomic mass is 35.5. The van der Waals surface area contributed by atoms with Crippen LogP contribution in [0.3, 0.4) is 0 Å². The summed E-state index contributed by atoms with van der Waals surface area (Å²) in [5, 5.41) is 2.64. The third kappa shape index (κ3) is 6.90. The summed E-state index contributed by atoms with van der Waals surface area (Å²) in [6.07, 6.45) is 7.17. The van der Waals surface area contributed by atoms with Crippen LogP contribution in [0, 0.1) is 11.7 Å². The van der Waals surface area contributed by atoms with Gasteiger partial charge in [0.15, 0.2) is 5.82 Å².